The zero-order valence-electron chi connectivity index (χ0n) is 13.3. The molecular weight excluding hydrogens is 262 g/mol. The van der Waals surface area contributed by atoms with Crippen LogP contribution >= 0.6 is 0 Å². The average Bonchev–Trinajstić information content (AvgIpc) is 2.96. The molecular formula is C18H27NO2. The molecule has 1 fully saturated rings. The molecule has 2 aliphatic rings. The van der Waals surface area contributed by atoms with Gasteiger partial charge in [-0.3, -0.25) is 9.69 Å². The minimum Gasteiger partial charge on any atom is -0.468 e. The molecule has 1 aliphatic heterocycles. The van der Waals surface area contributed by atoms with Crippen LogP contribution in [0.25, 0.3) is 0 Å². The van der Waals surface area contributed by atoms with Gasteiger partial charge in [-0.2, -0.15) is 0 Å². The molecule has 0 spiro atoms. The molecule has 0 saturated carbocycles. The fraction of sp³-hybridized carbons (Fsp3) is 0.611. The number of methoxy groups -OCH3 is 1. The van der Waals surface area contributed by atoms with Crippen molar-refractivity contribution in [2.24, 2.45) is 5.92 Å². The van der Waals surface area contributed by atoms with Gasteiger partial charge in [-0.05, 0) is 57.1 Å². The standard InChI is InChI=1S/C18H27NO2/c1-4-5-9-16-12-13-19(17(16)18(20)21-3)14(2)15-10-7-6-8-11-15/h4,7,10-11,14,16-17H,1,5-6,8-9,12-13H2,2-3H3/t14?,16?,17-/m0/s1. The monoisotopic (exact) mass is 289 g/mol. The fourth-order valence-corrected chi connectivity index (χ4v) is 3.53. The quantitative estimate of drug-likeness (QED) is 0.554. The van der Waals surface area contributed by atoms with E-state index in [0.717, 1.165) is 38.6 Å². The van der Waals surface area contributed by atoms with Crippen molar-refractivity contribution in [2.75, 3.05) is 13.7 Å². The van der Waals surface area contributed by atoms with Gasteiger partial charge >= 0.3 is 5.97 Å². The summed E-state index contributed by atoms with van der Waals surface area (Å²) in [4.78, 5) is 14.6. The maximum Gasteiger partial charge on any atom is 0.323 e. The van der Waals surface area contributed by atoms with Crippen LogP contribution in [0, 0.1) is 5.92 Å². The van der Waals surface area contributed by atoms with E-state index < -0.39 is 0 Å². The van der Waals surface area contributed by atoms with Crippen LogP contribution in [0.5, 0.6) is 0 Å². The molecule has 3 atom stereocenters. The first-order valence-electron chi connectivity index (χ1n) is 8.00. The van der Waals surface area contributed by atoms with Crippen LogP contribution in [-0.4, -0.2) is 36.6 Å². The fourth-order valence-electron chi connectivity index (χ4n) is 3.53. The predicted octanol–water partition coefficient (Wildman–Crippen LogP) is 3.48. The summed E-state index contributed by atoms with van der Waals surface area (Å²) in [7, 11) is 1.49. The van der Waals surface area contributed by atoms with Gasteiger partial charge in [0.05, 0.1) is 7.11 Å². The minimum atomic E-state index is -0.110. The van der Waals surface area contributed by atoms with Crippen molar-refractivity contribution in [3.8, 4) is 0 Å². The topological polar surface area (TPSA) is 29.5 Å². The van der Waals surface area contributed by atoms with Crippen molar-refractivity contribution in [1.29, 1.82) is 0 Å². The van der Waals surface area contributed by atoms with E-state index in [1.165, 1.54) is 12.7 Å². The van der Waals surface area contributed by atoms with Gasteiger partial charge in [-0.25, -0.2) is 0 Å². The van der Waals surface area contributed by atoms with Crippen molar-refractivity contribution in [3.63, 3.8) is 0 Å². The second kappa shape index (κ2) is 7.60. The number of carbonyl (C=O) groups is 1. The van der Waals surface area contributed by atoms with Crippen molar-refractivity contribution < 1.29 is 9.53 Å². The van der Waals surface area contributed by atoms with Crippen molar-refractivity contribution in [3.05, 3.63) is 36.5 Å². The summed E-state index contributed by atoms with van der Waals surface area (Å²) in [5.74, 6) is 0.292. The highest BCUT2D eigenvalue weighted by Gasteiger charge is 2.42. The van der Waals surface area contributed by atoms with Crippen LogP contribution in [0.4, 0.5) is 0 Å². The molecule has 21 heavy (non-hydrogen) atoms. The Kier molecular flexibility index (Phi) is 5.80. The summed E-state index contributed by atoms with van der Waals surface area (Å²) >= 11 is 0. The predicted molar refractivity (Wildman–Crippen MR) is 86.0 cm³/mol. The van der Waals surface area contributed by atoms with Crippen molar-refractivity contribution in [2.45, 2.75) is 51.1 Å². The molecule has 2 unspecified atom stereocenters. The number of hydrogen-bond donors (Lipinski definition) is 0. The normalized spacial score (nSPS) is 27.2. The lowest BCUT2D eigenvalue weighted by molar-refractivity contribution is -0.147. The molecule has 0 amide bonds. The number of likely N-dealkylation sites (tertiary alicyclic amines) is 1. The third-order valence-corrected chi connectivity index (χ3v) is 4.75. The molecule has 0 aromatic rings. The van der Waals surface area contributed by atoms with Gasteiger partial charge in [0.2, 0.25) is 0 Å². The number of hydrogen-bond acceptors (Lipinski definition) is 3. The molecule has 1 saturated heterocycles. The second-order valence-corrected chi connectivity index (χ2v) is 5.98. The van der Waals surface area contributed by atoms with Crippen LogP contribution in [0.15, 0.2) is 36.5 Å². The molecule has 0 radical (unpaired) electrons. The third-order valence-electron chi connectivity index (χ3n) is 4.75. The van der Waals surface area contributed by atoms with Crippen molar-refractivity contribution in [1.82, 2.24) is 4.90 Å². The number of rotatable bonds is 6. The Morgan fingerprint density at radius 1 is 1.57 bits per heavy atom. The van der Waals surface area contributed by atoms with E-state index in [1.54, 1.807) is 0 Å². The molecule has 1 aliphatic carbocycles. The molecule has 0 aromatic heterocycles. The van der Waals surface area contributed by atoms with E-state index in [-0.39, 0.29) is 18.1 Å². The molecule has 1 heterocycles. The maximum absolute atomic E-state index is 12.3. The lowest BCUT2D eigenvalue weighted by Crippen LogP contribution is -2.45. The van der Waals surface area contributed by atoms with Gasteiger partial charge in [-0.1, -0.05) is 24.3 Å². The molecule has 0 aromatic carbocycles. The van der Waals surface area contributed by atoms with Gasteiger partial charge in [0.1, 0.15) is 6.04 Å². The molecule has 2 rings (SSSR count). The Hall–Kier alpha value is -1.35. The Bertz CT molecular complexity index is 438. The highest BCUT2D eigenvalue weighted by Crippen LogP contribution is 2.33. The molecule has 3 heteroatoms. The van der Waals surface area contributed by atoms with Gasteiger partial charge < -0.3 is 4.74 Å². The van der Waals surface area contributed by atoms with Gasteiger partial charge in [-0.15, -0.1) is 6.58 Å². The number of nitrogens with zero attached hydrogens (tertiary/aromatic N) is 1. The van der Waals surface area contributed by atoms with Gasteiger partial charge in [0.15, 0.2) is 0 Å². The van der Waals surface area contributed by atoms with Gasteiger partial charge in [0, 0.05) is 6.04 Å². The molecule has 0 bridgehead atoms. The Labute approximate surface area is 128 Å². The Balaban J connectivity index is 2.13. The Morgan fingerprint density at radius 3 is 3.00 bits per heavy atom. The van der Waals surface area contributed by atoms with Crippen LogP contribution in [0.3, 0.4) is 0 Å². The summed E-state index contributed by atoms with van der Waals surface area (Å²) in [5, 5.41) is 0. The summed E-state index contributed by atoms with van der Waals surface area (Å²) in [6.07, 6.45) is 13.9. The third kappa shape index (κ3) is 3.65. The average molecular weight is 289 g/mol. The van der Waals surface area contributed by atoms with E-state index in [0.29, 0.717) is 5.92 Å². The zero-order valence-corrected chi connectivity index (χ0v) is 13.3. The maximum atomic E-state index is 12.3. The van der Waals surface area contributed by atoms with Crippen LogP contribution in [0.1, 0.15) is 39.0 Å². The summed E-state index contributed by atoms with van der Waals surface area (Å²) in [6.45, 7) is 6.96. The smallest absolute Gasteiger partial charge is 0.323 e. The van der Waals surface area contributed by atoms with Crippen LogP contribution in [-0.2, 0) is 9.53 Å². The van der Waals surface area contributed by atoms with Crippen molar-refractivity contribution >= 4 is 5.97 Å². The highest BCUT2D eigenvalue weighted by atomic mass is 16.5. The number of esters is 1. The summed E-state index contributed by atoms with van der Waals surface area (Å²) < 4.78 is 5.07. The Morgan fingerprint density at radius 2 is 2.38 bits per heavy atom. The minimum absolute atomic E-state index is 0.0891. The zero-order chi connectivity index (χ0) is 15.2. The molecule has 0 N–H and O–H groups in total. The SMILES string of the molecule is C=CCCC1CCN(C(C)C2=CCCC=C2)[C@@H]1C(=O)OC. The van der Waals surface area contributed by atoms with E-state index in [9.17, 15) is 4.79 Å². The van der Waals surface area contributed by atoms with E-state index >= 15 is 0 Å². The summed E-state index contributed by atoms with van der Waals surface area (Å²) in [6, 6.07) is 0.167. The lowest BCUT2D eigenvalue weighted by atomic mass is 9.93. The molecule has 3 nitrogen and oxygen atoms in total. The lowest BCUT2D eigenvalue weighted by Gasteiger charge is -2.32. The van der Waals surface area contributed by atoms with E-state index in [4.69, 9.17) is 4.74 Å². The van der Waals surface area contributed by atoms with Gasteiger partial charge in [0.25, 0.3) is 0 Å². The second-order valence-electron chi connectivity index (χ2n) is 5.98. The first kappa shape index (κ1) is 16.0. The highest BCUT2D eigenvalue weighted by molar-refractivity contribution is 5.76. The number of allylic oxidation sites excluding steroid dienone is 3. The van der Waals surface area contributed by atoms with E-state index in [2.05, 4.69) is 36.6 Å². The molecule has 116 valence electrons. The summed E-state index contributed by atoms with van der Waals surface area (Å²) in [5.41, 5.74) is 1.33. The largest absolute Gasteiger partial charge is 0.468 e. The first-order valence-corrected chi connectivity index (χ1v) is 8.00. The van der Waals surface area contributed by atoms with Crippen LogP contribution in [0.2, 0.25) is 0 Å². The van der Waals surface area contributed by atoms with E-state index in [1.807, 2.05) is 6.08 Å². The first-order chi connectivity index (χ1) is 10.2. The number of ether oxygens (including phenoxy) is 1. The van der Waals surface area contributed by atoms with Crippen LogP contribution < -0.4 is 0 Å². The number of carbonyl (C=O) groups excluding carboxylic acids is 1.